The average molecular weight is 299 g/mol. The molecule has 6 atom stereocenters. The molecule has 22 heavy (non-hydrogen) atoms. The van der Waals surface area contributed by atoms with Crippen molar-refractivity contribution in [3.05, 3.63) is 23.8 Å². The molecule has 1 amide bonds. The molecule has 0 aliphatic heterocycles. The summed E-state index contributed by atoms with van der Waals surface area (Å²) in [4.78, 5) is 11.9. The van der Waals surface area contributed by atoms with Crippen molar-refractivity contribution in [1.29, 1.82) is 0 Å². The number of fused-ring (bicyclic) bond motifs is 5. The number of nitrogens with two attached hydrogens (primary N) is 1. The second kappa shape index (κ2) is 4.72. The second-order valence-corrected chi connectivity index (χ2v) is 8.64. The van der Waals surface area contributed by atoms with Gasteiger partial charge in [-0.2, -0.15) is 0 Å². The monoisotopic (exact) mass is 299 g/mol. The molecular formula is C20H29NO. The van der Waals surface area contributed by atoms with Crippen molar-refractivity contribution >= 4 is 5.91 Å². The van der Waals surface area contributed by atoms with Crippen LogP contribution in [0.25, 0.3) is 0 Å². The molecule has 0 aromatic rings. The lowest BCUT2D eigenvalue weighted by molar-refractivity contribution is -0.127. The Balaban J connectivity index is 1.70. The Morgan fingerprint density at radius 3 is 2.82 bits per heavy atom. The molecule has 2 fully saturated rings. The molecule has 4 rings (SSSR count). The molecule has 2 nitrogen and oxygen atoms in total. The van der Waals surface area contributed by atoms with E-state index in [1.807, 2.05) is 0 Å². The molecule has 0 saturated heterocycles. The smallest absolute Gasteiger partial charge is 0.221 e. The van der Waals surface area contributed by atoms with Crippen molar-refractivity contribution < 1.29 is 4.79 Å². The third-order valence-electron chi connectivity index (χ3n) is 7.92. The normalized spacial score (nSPS) is 49.8. The van der Waals surface area contributed by atoms with Crippen LogP contribution in [0.2, 0.25) is 0 Å². The van der Waals surface area contributed by atoms with Crippen LogP contribution in [0, 0.1) is 34.5 Å². The minimum Gasteiger partial charge on any atom is -0.369 e. The van der Waals surface area contributed by atoms with Crippen molar-refractivity contribution in [1.82, 2.24) is 0 Å². The summed E-state index contributed by atoms with van der Waals surface area (Å²) in [5.74, 6) is 2.26. The molecule has 2 saturated carbocycles. The van der Waals surface area contributed by atoms with Crippen molar-refractivity contribution in [3.63, 3.8) is 0 Å². The molecule has 120 valence electrons. The minimum absolute atomic E-state index is 0.0562. The lowest BCUT2D eigenvalue weighted by Gasteiger charge is -2.56. The summed E-state index contributed by atoms with van der Waals surface area (Å²) in [6.45, 7) is 4.82. The van der Waals surface area contributed by atoms with Crippen LogP contribution in [0.15, 0.2) is 23.8 Å². The zero-order valence-electron chi connectivity index (χ0n) is 14.0. The Morgan fingerprint density at radius 2 is 2.05 bits per heavy atom. The van der Waals surface area contributed by atoms with Gasteiger partial charge in [0.25, 0.3) is 0 Å². The highest BCUT2D eigenvalue weighted by Crippen LogP contribution is 2.65. The van der Waals surface area contributed by atoms with Gasteiger partial charge in [0.05, 0.1) is 0 Å². The van der Waals surface area contributed by atoms with Crippen LogP contribution in [0.4, 0.5) is 0 Å². The molecule has 0 bridgehead atoms. The summed E-state index contributed by atoms with van der Waals surface area (Å²) >= 11 is 0. The number of carbonyl (C=O) groups is 1. The van der Waals surface area contributed by atoms with Gasteiger partial charge in [0.1, 0.15) is 0 Å². The van der Waals surface area contributed by atoms with Gasteiger partial charge in [-0.1, -0.05) is 37.6 Å². The lowest BCUT2D eigenvalue weighted by Crippen LogP contribution is -2.50. The molecule has 0 aromatic carbocycles. The lowest BCUT2D eigenvalue weighted by atomic mass is 9.48. The minimum atomic E-state index is -0.0562. The highest BCUT2D eigenvalue weighted by atomic mass is 16.1. The SMILES string of the molecule is C[C@]12CC[C@H]3[C@@H](CC=C4CCC=C[C@@]43C)[C@@H]1CC[C@@H]2C(N)=O. The summed E-state index contributed by atoms with van der Waals surface area (Å²) in [5.41, 5.74) is 7.86. The molecule has 0 aromatic heterocycles. The van der Waals surface area contributed by atoms with E-state index < -0.39 is 0 Å². The Labute approximate surface area is 134 Å². The maximum Gasteiger partial charge on any atom is 0.221 e. The Kier molecular flexibility index (Phi) is 3.12. The summed E-state index contributed by atoms with van der Waals surface area (Å²) in [6, 6.07) is 0. The molecule has 2 heteroatoms. The highest BCUT2D eigenvalue weighted by molar-refractivity contribution is 5.78. The first-order valence-electron chi connectivity index (χ1n) is 9.13. The van der Waals surface area contributed by atoms with Crippen molar-refractivity contribution in [2.24, 2.45) is 40.2 Å². The summed E-state index contributed by atoms with van der Waals surface area (Å²) < 4.78 is 0. The molecule has 4 aliphatic rings. The van der Waals surface area contributed by atoms with E-state index in [0.717, 1.165) is 18.3 Å². The van der Waals surface area contributed by atoms with Gasteiger partial charge in [0, 0.05) is 11.3 Å². The standard InChI is InChI=1S/C20H29NO/c1-19-11-4-3-5-13(19)6-7-14-15-8-9-17(18(21)22)20(15,2)12-10-16(14)19/h4,6,11,14-17H,3,5,7-10,12H2,1-2H3,(H2,21,22)/t14-,15-,16-,17+,19-,20-/m0/s1. The van der Waals surface area contributed by atoms with Gasteiger partial charge in [0.15, 0.2) is 0 Å². The van der Waals surface area contributed by atoms with E-state index in [1.165, 1.54) is 38.5 Å². The zero-order valence-corrected chi connectivity index (χ0v) is 14.0. The molecule has 0 unspecified atom stereocenters. The summed E-state index contributed by atoms with van der Waals surface area (Å²) in [7, 11) is 0. The van der Waals surface area contributed by atoms with E-state index in [-0.39, 0.29) is 22.7 Å². The fraction of sp³-hybridized carbons (Fsp3) is 0.750. The van der Waals surface area contributed by atoms with Crippen LogP contribution >= 0.6 is 0 Å². The third kappa shape index (κ3) is 1.76. The molecule has 0 radical (unpaired) electrons. The van der Waals surface area contributed by atoms with Crippen LogP contribution in [-0.4, -0.2) is 5.91 Å². The average Bonchev–Trinajstić information content (AvgIpc) is 2.84. The summed E-state index contributed by atoms with van der Waals surface area (Å²) in [5, 5.41) is 0. The maximum atomic E-state index is 11.9. The third-order valence-corrected chi connectivity index (χ3v) is 7.92. The van der Waals surface area contributed by atoms with E-state index in [9.17, 15) is 4.79 Å². The van der Waals surface area contributed by atoms with Crippen molar-refractivity contribution in [2.75, 3.05) is 0 Å². The topological polar surface area (TPSA) is 43.1 Å². The summed E-state index contributed by atoms with van der Waals surface area (Å²) in [6.07, 6.45) is 15.8. The largest absolute Gasteiger partial charge is 0.369 e. The van der Waals surface area contributed by atoms with Crippen LogP contribution in [-0.2, 0) is 4.79 Å². The van der Waals surface area contributed by atoms with E-state index in [2.05, 4.69) is 32.1 Å². The number of amides is 1. The number of rotatable bonds is 1. The molecule has 0 heterocycles. The maximum absolute atomic E-state index is 11.9. The predicted octanol–water partition coefficient (Wildman–Crippen LogP) is 4.22. The Morgan fingerprint density at radius 1 is 1.23 bits per heavy atom. The van der Waals surface area contributed by atoms with E-state index in [4.69, 9.17) is 5.73 Å². The van der Waals surface area contributed by atoms with E-state index in [1.54, 1.807) is 5.57 Å². The number of allylic oxidation sites excluding steroid dienone is 4. The van der Waals surface area contributed by atoms with Crippen LogP contribution in [0.1, 0.15) is 58.8 Å². The van der Waals surface area contributed by atoms with Gasteiger partial charge in [-0.3, -0.25) is 4.79 Å². The number of hydrogen-bond acceptors (Lipinski definition) is 1. The number of hydrogen-bond donors (Lipinski definition) is 1. The molecule has 4 aliphatic carbocycles. The fourth-order valence-electron chi connectivity index (χ4n) is 6.73. The Bertz CT molecular complexity index is 562. The molecule has 0 spiro atoms. The van der Waals surface area contributed by atoms with Gasteiger partial charge in [-0.05, 0) is 68.1 Å². The van der Waals surface area contributed by atoms with Crippen molar-refractivity contribution in [2.45, 2.75) is 58.8 Å². The van der Waals surface area contributed by atoms with Crippen LogP contribution < -0.4 is 5.73 Å². The van der Waals surface area contributed by atoms with Crippen LogP contribution in [0.3, 0.4) is 0 Å². The highest BCUT2D eigenvalue weighted by Gasteiger charge is 2.58. The van der Waals surface area contributed by atoms with Crippen molar-refractivity contribution in [3.8, 4) is 0 Å². The number of carbonyl (C=O) groups excluding carboxylic acids is 1. The first-order valence-corrected chi connectivity index (χ1v) is 9.13. The molecule has 2 N–H and O–H groups in total. The molecular weight excluding hydrogens is 270 g/mol. The second-order valence-electron chi connectivity index (χ2n) is 8.64. The predicted molar refractivity (Wildman–Crippen MR) is 88.9 cm³/mol. The van der Waals surface area contributed by atoms with E-state index >= 15 is 0 Å². The first-order chi connectivity index (χ1) is 10.5. The fourth-order valence-corrected chi connectivity index (χ4v) is 6.73. The first kappa shape index (κ1) is 14.5. The van der Waals surface area contributed by atoms with Gasteiger partial charge >= 0.3 is 0 Å². The number of primary amides is 1. The van der Waals surface area contributed by atoms with Gasteiger partial charge < -0.3 is 5.73 Å². The van der Waals surface area contributed by atoms with E-state index in [0.29, 0.717) is 5.92 Å². The van der Waals surface area contributed by atoms with Gasteiger partial charge in [-0.25, -0.2) is 0 Å². The van der Waals surface area contributed by atoms with Crippen LogP contribution in [0.5, 0.6) is 0 Å². The van der Waals surface area contributed by atoms with Gasteiger partial charge in [0.2, 0.25) is 5.91 Å². The van der Waals surface area contributed by atoms with Gasteiger partial charge in [-0.15, -0.1) is 0 Å². The zero-order chi connectivity index (χ0) is 15.5. The quantitative estimate of drug-likeness (QED) is 0.724. The Hall–Kier alpha value is -1.05.